The third kappa shape index (κ3) is 3.45. The van der Waals surface area contributed by atoms with Crippen LogP contribution in [0.4, 0.5) is 5.69 Å². The summed E-state index contributed by atoms with van der Waals surface area (Å²) in [7, 11) is 1.30. The SMILES string of the molecule is COC(=O)c1cccc([C@H]2NC(=O)C[C@@H](c3cccc(Cl)c3)[C@]23C(=O)Nc2cc(Cl)ccc23)c1. The van der Waals surface area contributed by atoms with E-state index in [1.165, 1.54) is 7.11 Å². The summed E-state index contributed by atoms with van der Waals surface area (Å²) >= 11 is 12.5. The minimum absolute atomic E-state index is 0.0863. The van der Waals surface area contributed by atoms with E-state index < -0.39 is 23.3 Å². The summed E-state index contributed by atoms with van der Waals surface area (Å²) in [5.74, 6) is -1.50. The highest BCUT2D eigenvalue weighted by Gasteiger charge is 2.61. The van der Waals surface area contributed by atoms with Crippen molar-refractivity contribution >= 4 is 46.7 Å². The van der Waals surface area contributed by atoms with Crippen LogP contribution in [0.2, 0.25) is 10.0 Å². The fourth-order valence-electron chi connectivity index (χ4n) is 5.26. The van der Waals surface area contributed by atoms with Crippen LogP contribution >= 0.6 is 23.2 Å². The van der Waals surface area contributed by atoms with Gasteiger partial charge in [0.05, 0.1) is 18.7 Å². The molecule has 3 atom stereocenters. The molecular formula is C26H20Cl2N2O4. The van der Waals surface area contributed by atoms with E-state index in [0.717, 1.165) is 11.1 Å². The number of hydrogen-bond donors (Lipinski definition) is 2. The Morgan fingerprint density at radius 1 is 0.971 bits per heavy atom. The molecule has 2 N–H and O–H groups in total. The maximum atomic E-state index is 13.9. The zero-order chi connectivity index (χ0) is 24.0. The Morgan fingerprint density at radius 3 is 2.47 bits per heavy atom. The summed E-state index contributed by atoms with van der Waals surface area (Å²) in [5.41, 5.74) is 1.82. The lowest BCUT2D eigenvalue weighted by atomic mass is 9.59. The molecule has 0 saturated carbocycles. The molecule has 8 heteroatoms. The van der Waals surface area contributed by atoms with Crippen molar-refractivity contribution in [3.05, 3.63) is 99.0 Å². The summed E-state index contributed by atoms with van der Waals surface area (Å²) in [6.45, 7) is 0. The highest BCUT2D eigenvalue weighted by atomic mass is 35.5. The number of esters is 1. The highest BCUT2D eigenvalue weighted by molar-refractivity contribution is 6.31. The van der Waals surface area contributed by atoms with Crippen molar-refractivity contribution in [1.82, 2.24) is 5.32 Å². The molecule has 1 saturated heterocycles. The van der Waals surface area contributed by atoms with E-state index >= 15 is 0 Å². The minimum atomic E-state index is -1.20. The molecule has 2 aliphatic heterocycles. The van der Waals surface area contributed by atoms with E-state index in [4.69, 9.17) is 27.9 Å². The number of carbonyl (C=O) groups excluding carboxylic acids is 3. The van der Waals surface area contributed by atoms with Crippen molar-refractivity contribution in [2.45, 2.75) is 23.8 Å². The second-order valence-electron chi connectivity index (χ2n) is 8.44. The van der Waals surface area contributed by atoms with E-state index in [2.05, 4.69) is 10.6 Å². The summed E-state index contributed by atoms with van der Waals surface area (Å²) in [6, 6.07) is 18.5. The lowest BCUT2D eigenvalue weighted by molar-refractivity contribution is -0.131. The van der Waals surface area contributed by atoms with E-state index in [0.29, 0.717) is 26.9 Å². The van der Waals surface area contributed by atoms with Crippen molar-refractivity contribution in [2.75, 3.05) is 12.4 Å². The van der Waals surface area contributed by atoms with Crippen LogP contribution in [0.3, 0.4) is 0 Å². The normalized spacial score (nSPS) is 23.3. The Kier molecular flexibility index (Phi) is 5.58. The number of amides is 2. The first-order chi connectivity index (χ1) is 16.3. The van der Waals surface area contributed by atoms with Gasteiger partial charge in [-0.2, -0.15) is 0 Å². The van der Waals surface area contributed by atoms with Crippen molar-refractivity contribution in [3.8, 4) is 0 Å². The van der Waals surface area contributed by atoms with Crippen molar-refractivity contribution < 1.29 is 19.1 Å². The molecule has 1 fully saturated rings. The molecule has 1 spiro atoms. The lowest BCUT2D eigenvalue weighted by Gasteiger charge is -2.46. The third-order valence-electron chi connectivity index (χ3n) is 6.64. The van der Waals surface area contributed by atoms with Gasteiger partial charge in [0.1, 0.15) is 5.41 Å². The number of benzene rings is 3. The van der Waals surface area contributed by atoms with E-state index in [1.807, 2.05) is 12.1 Å². The Bertz CT molecular complexity index is 1340. The number of halogens is 2. The summed E-state index contributed by atoms with van der Waals surface area (Å²) in [4.78, 5) is 39.2. The number of carbonyl (C=O) groups is 3. The van der Waals surface area contributed by atoms with Gasteiger partial charge in [0.25, 0.3) is 0 Å². The molecule has 0 radical (unpaired) electrons. The van der Waals surface area contributed by atoms with Crippen LogP contribution in [0.15, 0.2) is 66.7 Å². The first kappa shape index (κ1) is 22.4. The van der Waals surface area contributed by atoms with Crippen LogP contribution in [-0.4, -0.2) is 24.9 Å². The predicted molar refractivity (Wildman–Crippen MR) is 129 cm³/mol. The first-order valence-corrected chi connectivity index (χ1v) is 11.4. The van der Waals surface area contributed by atoms with Gasteiger partial charge >= 0.3 is 5.97 Å². The van der Waals surface area contributed by atoms with Crippen molar-refractivity contribution in [3.63, 3.8) is 0 Å². The maximum Gasteiger partial charge on any atom is 0.337 e. The van der Waals surface area contributed by atoms with Gasteiger partial charge in [-0.05, 0) is 53.1 Å². The topological polar surface area (TPSA) is 84.5 Å². The molecule has 0 unspecified atom stereocenters. The quantitative estimate of drug-likeness (QED) is 0.500. The van der Waals surface area contributed by atoms with Gasteiger partial charge in [-0.15, -0.1) is 0 Å². The van der Waals surface area contributed by atoms with Crippen LogP contribution in [0.25, 0.3) is 0 Å². The highest BCUT2D eigenvalue weighted by Crippen LogP contribution is 2.57. The number of fused-ring (bicyclic) bond motifs is 2. The van der Waals surface area contributed by atoms with Gasteiger partial charge in [-0.1, -0.05) is 53.5 Å². The number of piperidine rings is 1. The molecule has 2 heterocycles. The molecule has 2 amide bonds. The average molecular weight is 495 g/mol. The average Bonchev–Trinajstić information content (AvgIpc) is 3.11. The Balaban J connectivity index is 1.78. The van der Waals surface area contributed by atoms with Gasteiger partial charge in [0.15, 0.2) is 0 Å². The molecule has 172 valence electrons. The molecule has 0 bridgehead atoms. The zero-order valence-electron chi connectivity index (χ0n) is 18.1. The number of rotatable bonds is 3. The van der Waals surface area contributed by atoms with Gasteiger partial charge in [0.2, 0.25) is 11.8 Å². The maximum absolute atomic E-state index is 13.9. The number of hydrogen-bond acceptors (Lipinski definition) is 4. The number of methoxy groups -OCH3 is 1. The van der Waals surface area contributed by atoms with Crippen LogP contribution in [0.5, 0.6) is 0 Å². The van der Waals surface area contributed by atoms with Gasteiger partial charge in [-0.25, -0.2) is 4.79 Å². The fraction of sp³-hybridized carbons (Fsp3) is 0.192. The largest absolute Gasteiger partial charge is 0.465 e. The number of nitrogens with one attached hydrogen (secondary N) is 2. The summed E-state index contributed by atoms with van der Waals surface area (Å²) in [5, 5.41) is 7.01. The third-order valence-corrected chi connectivity index (χ3v) is 7.11. The number of anilines is 1. The van der Waals surface area contributed by atoms with Crippen LogP contribution in [0, 0.1) is 0 Å². The molecule has 34 heavy (non-hydrogen) atoms. The molecule has 2 aliphatic rings. The lowest BCUT2D eigenvalue weighted by Crippen LogP contribution is -2.56. The minimum Gasteiger partial charge on any atom is -0.465 e. The zero-order valence-corrected chi connectivity index (χ0v) is 19.6. The van der Waals surface area contributed by atoms with E-state index in [-0.39, 0.29) is 18.2 Å². The van der Waals surface area contributed by atoms with Gasteiger partial charge in [0, 0.05) is 28.1 Å². The second-order valence-corrected chi connectivity index (χ2v) is 9.32. The predicted octanol–water partition coefficient (Wildman–Crippen LogP) is 5.01. The standard InChI is InChI=1S/C26H20Cl2N2O4/c1-34-24(32)16-6-2-5-15(10-16)23-26(19-9-8-18(28)12-21(19)29-25(26)33)20(13-22(31)30-23)14-4-3-7-17(27)11-14/h2-12,20,23H,13H2,1H3,(H,29,33)(H,30,31)/t20-,23+,26-/m0/s1. The summed E-state index contributed by atoms with van der Waals surface area (Å²) < 4.78 is 4.88. The van der Waals surface area contributed by atoms with Crippen LogP contribution in [-0.2, 0) is 19.7 Å². The Labute approximate surface area is 206 Å². The molecule has 3 aromatic rings. The van der Waals surface area contributed by atoms with Crippen LogP contribution < -0.4 is 10.6 Å². The second kappa shape index (κ2) is 8.46. The van der Waals surface area contributed by atoms with Gasteiger partial charge < -0.3 is 15.4 Å². The molecule has 5 rings (SSSR count). The molecule has 6 nitrogen and oxygen atoms in total. The van der Waals surface area contributed by atoms with E-state index in [9.17, 15) is 14.4 Å². The summed E-state index contributed by atoms with van der Waals surface area (Å²) in [6.07, 6.45) is 0.0863. The Hall–Kier alpha value is -3.35. The number of ether oxygens (including phenoxy) is 1. The molecule has 0 aliphatic carbocycles. The Morgan fingerprint density at radius 2 is 1.71 bits per heavy atom. The van der Waals surface area contributed by atoms with Crippen LogP contribution in [0.1, 0.15) is 45.4 Å². The molecular weight excluding hydrogens is 475 g/mol. The van der Waals surface area contributed by atoms with Crippen molar-refractivity contribution in [2.24, 2.45) is 0 Å². The monoisotopic (exact) mass is 494 g/mol. The molecule has 0 aromatic heterocycles. The van der Waals surface area contributed by atoms with E-state index in [1.54, 1.807) is 54.6 Å². The van der Waals surface area contributed by atoms with Crippen molar-refractivity contribution in [1.29, 1.82) is 0 Å². The molecule has 3 aromatic carbocycles. The first-order valence-electron chi connectivity index (χ1n) is 10.7. The fourth-order valence-corrected chi connectivity index (χ4v) is 5.63. The smallest absolute Gasteiger partial charge is 0.337 e. The van der Waals surface area contributed by atoms with Gasteiger partial charge in [-0.3, -0.25) is 9.59 Å².